The Morgan fingerprint density at radius 2 is 1.39 bits per heavy atom. The molecular formula is C18H30. The normalized spacial score (nSPS) is 11.4. The van der Waals surface area contributed by atoms with Crippen molar-refractivity contribution in [1.29, 1.82) is 0 Å². The Balaban J connectivity index is 0.000000327. The van der Waals surface area contributed by atoms with E-state index in [1.807, 2.05) is 0 Å². The van der Waals surface area contributed by atoms with Gasteiger partial charge in [-0.25, -0.2) is 0 Å². The molecule has 0 saturated heterocycles. The van der Waals surface area contributed by atoms with E-state index < -0.39 is 0 Å². The van der Waals surface area contributed by atoms with E-state index in [2.05, 4.69) is 65.8 Å². The third-order valence-corrected chi connectivity index (χ3v) is 3.54. The number of benzene rings is 1. The second-order valence-electron chi connectivity index (χ2n) is 4.93. The second kappa shape index (κ2) is 9.94. The maximum Gasteiger partial charge on any atom is -0.0320 e. The molecule has 0 saturated carbocycles. The molecular weight excluding hydrogens is 216 g/mol. The number of rotatable bonds is 4. The van der Waals surface area contributed by atoms with Crippen molar-refractivity contribution in [3.63, 3.8) is 0 Å². The summed E-state index contributed by atoms with van der Waals surface area (Å²) in [4.78, 5) is 0. The maximum absolute atomic E-state index is 2.26. The summed E-state index contributed by atoms with van der Waals surface area (Å²) >= 11 is 0. The zero-order valence-electron chi connectivity index (χ0n) is 13.1. The molecule has 0 aliphatic heterocycles. The van der Waals surface area contributed by atoms with Crippen molar-refractivity contribution in [2.75, 3.05) is 0 Å². The highest BCUT2D eigenvalue weighted by Gasteiger charge is 1.96. The van der Waals surface area contributed by atoms with Gasteiger partial charge in [0.2, 0.25) is 0 Å². The molecule has 0 bridgehead atoms. The summed E-state index contributed by atoms with van der Waals surface area (Å²) in [5.74, 6) is 0. The SMILES string of the molecule is CCC/C(CC)=C(/C)CC.Cc1ccccc1C. The van der Waals surface area contributed by atoms with Crippen molar-refractivity contribution in [2.45, 2.75) is 67.2 Å². The maximum atomic E-state index is 2.26. The molecule has 0 unspecified atom stereocenters. The van der Waals surface area contributed by atoms with Gasteiger partial charge in [0, 0.05) is 0 Å². The fourth-order valence-electron chi connectivity index (χ4n) is 1.91. The van der Waals surface area contributed by atoms with Crippen LogP contribution in [0.4, 0.5) is 0 Å². The van der Waals surface area contributed by atoms with E-state index in [-0.39, 0.29) is 0 Å². The van der Waals surface area contributed by atoms with E-state index in [1.54, 1.807) is 11.1 Å². The van der Waals surface area contributed by atoms with Gasteiger partial charge >= 0.3 is 0 Å². The van der Waals surface area contributed by atoms with Crippen LogP contribution in [0, 0.1) is 13.8 Å². The van der Waals surface area contributed by atoms with Crippen LogP contribution in [0.15, 0.2) is 35.4 Å². The van der Waals surface area contributed by atoms with E-state index in [4.69, 9.17) is 0 Å². The third-order valence-electron chi connectivity index (χ3n) is 3.54. The van der Waals surface area contributed by atoms with Crippen LogP contribution in [-0.4, -0.2) is 0 Å². The van der Waals surface area contributed by atoms with Gasteiger partial charge in [-0.15, -0.1) is 0 Å². The van der Waals surface area contributed by atoms with Crippen LogP contribution in [-0.2, 0) is 0 Å². The van der Waals surface area contributed by atoms with Crippen LogP contribution in [0.25, 0.3) is 0 Å². The van der Waals surface area contributed by atoms with Gasteiger partial charge in [0.1, 0.15) is 0 Å². The molecule has 0 aromatic heterocycles. The van der Waals surface area contributed by atoms with Crippen LogP contribution in [0.2, 0.25) is 0 Å². The third kappa shape index (κ3) is 6.64. The fourth-order valence-corrected chi connectivity index (χ4v) is 1.91. The standard InChI is InChI=1S/C10H20.C8H10/c1-5-8-10(7-3)9(4)6-2;1-7-5-3-4-6-8(7)2/h5-8H2,1-4H3;3-6H,1-2H3/b10-9-;. The van der Waals surface area contributed by atoms with Crippen molar-refractivity contribution < 1.29 is 0 Å². The summed E-state index contributed by atoms with van der Waals surface area (Å²) in [6, 6.07) is 8.36. The Morgan fingerprint density at radius 1 is 0.889 bits per heavy atom. The van der Waals surface area contributed by atoms with E-state index in [0.29, 0.717) is 0 Å². The average molecular weight is 246 g/mol. The molecule has 1 aromatic rings. The summed E-state index contributed by atoms with van der Waals surface area (Å²) in [5.41, 5.74) is 6.01. The molecule has 0 aliphatic carbocycles. The van der Waals surface area contributed by atoms with Crippen LogP contribution < -0.4 is 0 Å². The Labute approximate surface area is 114 Å². The molecule has 0 aliphatic rings. The molecule has 0 fully saturated rings. The Morgan fingerprint density at radius 3 is 1.67 bits per heavy atom. The smallest absolute Gasteiger partial charge is 0.0320 e. The number of aryl methyl sites for hydroxylation is 2. The lowest BCUT2D eigenvalue weighted by Gasteiger charge is -2.06. The summed E-state index contributed by atoms with van der Waals surface area (Å²) in [6.07, 6.45) is 5.06. The van der Waals surface area contributed by atoms with E-state index in [0.717, 1.165) is 0 Å². The van der Waals surface area contributed by atoms with Gasteiger partial charge in [-0.2, -0.15) is 0 Å². The molecule has 0 spiro atoms. The molecule has 0 heteroatoms. The van der Waals surface area contributed by atoms with Crippen molar-refractivity contribution in [3.05, 3.63) is 46.5 Å². The summed E-state index contributed by atoms with van der Waals surface area (Å²) in [7, 11) is 0. The van der Waals surface area contributed by atoms with Crippen LogP contribution >= 0.6 is 0 Å². The summed E-state index contributed by atoms with van der Waals surface area (Å²) in [6.45, 7) is 13.2. The molecule has 1 rings (SSSR count). The van der Waals surface area contributed by atoms with Crippen molar-refractivity contribution >= 4 is 0 Å². The summed E-state index contributed by atoms with van der Waals surface area (Å²) in [5, 5.41) is 0. The van der Waals surface area contributed by atoms with Gasteiger partial charge < -0.3 is 0 Å². The first kappa shape index (κ1) is 17.0. The quantitative estimate of drug-likeness (QED) is 0.553. The zero-order valence-corrected chi connectivity index (χ0v) is 13.1. The monoisotopic (exact) mass is 246 g/mol. The molecule has 0 N–H and O–H groups in total. The lowest BCUT2D eigenvalue weighted by Crippen LogP contribution is -1.85. The van der Waals surface area contributed by atoms with E-state index in [9.17, 15) is 0 Å². The first-order chi connectivity index (χ1) is 8.56. The molecule has 0 amide bonds. The highest BCUT2D eigenvalue weighted by atomic mass is 14.0. The molecule has 18 heavy (non-hydrogen) atoms. The van der Waals surface area contributed by atoms with Crippen molar-refractivity contribution in [3.8, 4) is 0 Å². The largest absolute Gasteiger partial charge is 0.0744 e. The fraction of sp³-hybridized carbons (Fsp3) is 0.556. The Kier molecular flexibility index (Phi) is 9.36. The van der Waals surface area contributed by atoms with Gasteiger partial charge in [-0.3, -0.25) is 0 Å². The van der Waals surface area contributed by atoms with Gasteiger partial charge in [0.05, 0.1) is 0 Å². The molecule has 0 nitrogen and oxygen atoms in total. The number of hydrogen-bond acceptors (Lipinski definition) is 0. The minimum absolute atomic E-state index is 1.23. The number of allylic oxidation sites excluding steroid dienone is 2. The molecule has 0 radical (unpaired) electrons. The first-order valence-corrected chi connectivity index (χ1v) is 7.26. The predicted octanol–water partition coefficient (Wildman–Crippen LogP) is 6.23. The van der Waals surface area contributed by atoms with E-state index in [1.165, 1.54) is 36.8 Å². The van der Waals surface area contributed by atoms with Gasteiger partial charge in [-0.1, -0.05) is 62.6 Å². The van der Waals surface area contributed by atoms with Crippen LogP contribution in [0.1, 0.15) is 64.5 Å². The molecule has 0 heterocycles. The van der Waals surface area contributed by atoms with Crippen LogP contribution in [0.5, 0.6) is 0 Å². The van der Waals surface area contributed by atoms with E-state index >= 15 is 0 Å². The molecule has 0 atom stereocenters. The van der Waals surface area contributed by atoms with Crippen LogP contribution in [0.3, 0.4) is 0 Å². The predicted molar refractivity (Wildman–Crippen MR) is 84.1 cm³/mol. The van der Waals surface area contributed by atoms with Crippen molar-refractivity contribution in [2.24, 2.45) is 0 Å². The molecule has 1 aromatic carbocycles. The highest BCUT2D eigenvalue weighted by Crippen LogP contribution is 2.16. The van der Waals surface area contributed by atoms with Gasteiger partial charge in [0.25, 0.3) is 0 Å². The summed E-state index contributed by atoms with van der Waals surface area (Å²) < 4.78 is 0. The Hall–Kier alpha value is -1.04. The molecule has 102 valence electrons. The minimum atomic E-state index is 1.23. The highest BCUT2D eigenvalue weighted by molar-refractivity contribution is 5.23. The lowest BCUT2D eigenvalue weighted by atomic mass is 10.0. The van der Waals surface area contributed by atoms with Gasteiger partial charge in [0.15, 0.2) is 0 Å². The minimum Gasteiger partial charge on any atom is -0.0744 e. The second-order valence-corrected chi connectivity index (χ2v) is 4.93. The first-order valence-electron chi connectivity index (χ1n) is 7.26. The van der Waals surface area contributed by atoms with Crippen molar-refractivity contribution in [1.82, 2.24) is 0 Å². The zero-order chi connectivity index (χ0) is 14.0. The number of hydrogen-bond donors (Lipinski definition) is 0. The topological polar surface area (TPSA) is 0 Å². The average Bonchev–Trinajstić information content (AvgIpc) is 2.39. The van der Waals surface area contributed by atoms with Gasteiger partial charge in [-0.05, 0) is 51.2 Å². The Bertz CT molecular complexity index is 337. The lowest BCUT2D eigenvalue weighted by molar-refractivity contribution is 0.827.